The number of aromatic nitrogens is 3. The number of benzene rings is 1. The van der Waals surface area contributed by atoms with Gasteiger partial charge in [-0.15, -0.1) is 5.10 Å². The number of urea groups is 1. The van der Waals surface area contributed by atoms with Crippen molar-refractivity contribution in [2.75, 3.05) is 19.7 Å². The molecule has 2 aromatic rings. The highest BCUT2D eigenvalue weighted by atomic mass is 16.5. The highest BCUT2D eigenvalue weighted by Crippen LogP contribution is 2.19. The molecular formula is C20H29N5O2. The molecular weight excluding hydrogens is 342 g/mol. The molecule has 0 bridgehead atoms. The molecule has 1 fully saturated rings. The zero-order valence-corrected chi connectivity index (χ0v) is 16.2. The van der Waals surface area contributed by atoms with Gasteiger partial charge in [0.15, 0.2) is 0 Å². The molecule has 2 amide bonds. The Balaban J connectivity index is 1.49. The third-order valence-electron chi connectivity index (χ3n) is 4.94. The third-order valence-corrected chi connectivity index (χ3v) is 4.94. The molecule has 7 heteroatoms. The lowest BCUT2D eigenvalue weighted by Crippen LogP contribution is -2.46. The van der Waals surface area contributed by atoms with Gasteiger partial charge in [-0.25, -0.2) is 4.79 Å². The van der Waals surface area contributed by atoms with Gasteiger partial charge >= 0.3 is 6.03 Å². The fraction of sp³-hybridized carbons (Fsp3) is 0.550. The highest BCUT2D eigenvalue weighted by Gasteiger charge is 2.24. The van der Waals surface area contributed by atoms with E-state index < -0.39 is 0 Å². The van der Waals surface area contributed by atoms with E-state index in [1.807, 2.05) is 34.0 Å². The maximum atomic E-state index is 12.6. The molecule has 1 aliphatic rings. The number of carbonyl (C=O) groups is 1. The summed E-state index contributed by atoms with van der Waals surface area (Å²) in [6.07, 6.45) is 6.69. The van der Waals surface area contributed by atoms with Crippen molar-refractivity contribution in [1.82, 2.24) is 25.2 Å². The van der Waals surface area contributed by atoms with Crippen LogP contribution in [0.3, 0.4) is 0 Å². The molecule has 0 aliphatic carbocycles. The molecule has 0 spiro atoms. The van der Waals surface area contributed by atoms with Crippen LogP contribution >= 0.6 is 0 Å². The van der Waals surface area contributed by atoms with E-state index in [4.69, 9.17) is 4.74 Å². The first-order chi connectivity index (χ1) is 13.2. The van der Waals surface area contributed by atoms with Crippen LogP contribution in [-0.4, -0.2) is 45.6 Å². The van der Waals surface area contributed by atoms with E-state index in [2.05, 4.69) is 29.5 Å². The summed E-state index contributed by atoms with van der Waals surface area (Å²) in [7, 11) is 0. The van der Waals surface area contributed by atoms with E-state index in [-0.39, 0.29) is 6.03 Å². The Bertz CT molecular complexity index is 732. The number of likely N-dealkylation sites (tertiary alicyclic amines) is 1. The minimum absolute atomic E-state index is 0.00370. The van der Waals surface area contributed by atoms with Crippen molar-refractivity contribution in [3.63, 3.8) is 0 Å². The van der Waals surface area contributed by atoms with E-state index in [1.165, 1.54) is 0 Å². The standard InChI is InChI=1S/C20H29N5O2/c1-3-11-27-19-7-6-18(16(2)12-19)13-21-20(26)24-9-4-5-17(14-24)15-25-10-8-22-23-25/h6-8,10,12,17H,3-5,9,11,13-15H2,1-2H3,(H,21,26)/t17-/m0/s1. The second-order valence-electron chi connectivity index (χ2n) is 7.17. The SMILES string of the molecule is CCCOc1ccc(CNC(=O)N2CCC[C@H](Cn3ccnn3)C2)c(C)c1. The van der Waals surface area contributed by atoms with E-state index in [0.717, 1.165) is 62.4 Å². The van der Waals surface area contributed by atoms with Crippen LogP contribution in [-0.2, 0) is 13.1 Å². The largest absolute Gasteiger partial charge is 0.494 e. The van der Waals surface area contributed by atoms with Crippen molar-refractivity contribution in [2.45, 2.75) is 46.2 Å². The normalized spacial score (nSPS) is 17.0. The predicted octanol–water partition coefficient (Wildman–Crippen LogP) is 3.00. The first-order valence-electron chi connectivity index (χ1n) is 9.75. The number of nitrogens with one attached hydrogen (secondary N) is 1. The van der Waals surface area contributed by atoms with Gasteiger partial charge in [-0.05, 0) is 55.4 Å². The van der Waals surface area contributed by atoms with Gasteiger partial charge in [-0.3, -0.25) is 4.68 Å². The summed E-state index contributed by atoms with van der Waals surface area (Å²) in [5.74, 6) is 1.30. The zero-order chi connectivity index (χ0) is 19.1. The molecule has 0 unspecified atom stereocenters. The average molecular weight is 371 g/mol. The number of rotatable bonds is 7. The Hall–Kier alpha value is -2.57. The quantitative estimate of drug-likeness (QED) is 0.812. The Morgan fingerprint density at radius 3 is 3.04 bits per heavy atom. The summed E-state index contributed by atoms with van der Waals surface area (Å²) < 4.78 is 7.50. The molecule has 27 heavy (non-hydrogen) atoms. The van der Waals surface area contributed by atoms with Crippen molar-refractivity contribution >= 4 is 6.03 Å². The fourth-order valence-electron chi connectivity index (χ4n) is 3.45. The number of carbonyl (C=O) groups excluding carboxylic acids is 1. The van der Waals surface area contributed by atoms with E-state index in [9.17, 15) is 4.79 Å². The molecule has 1 atom stereocenters. The lowest BCUT2D eigenvalue weighted by molar-refractivity contribution is 0.157. The Kier molecular flexibility index (Phi) is 6.68. The minimum atomic E-state index is 0.00370. The Morgan fingerprint density at radius 2 is 2.30 bits per heavy atom. The van der Waals surface area contributed by atoms with Crippen molar-refractivity contribution in [3.05, 3.63) is 41.7 Å². The van der Waals surface area contributed by atoms with Crippen molar-refractivity contribution in [1.29, 1.82) is 0 Å². The molecule has 1 N–H and O–H groups in total. The molecule has 1 saturated heterocycles. The Morgan fingerprint density at radius 1 is 1.41 bits per heavy atom. The monoisotopic (exact) mass is 371 g/mol. The molecule has 1 aliphatic heterocycles. The zero-order valence-electron chi connectivity index (χ0n) is 16.2. The summed E-state index contributed by atoms with van der Waals surface area (Å²) in [6.45, 7) is 7.77. The maximum absolute atomic E-state index is 12.6. The van der Waals surface area contributed by atoms with E-state index in [0.29, 0.717) is 12.5 Å². The summed E-state index contributed by atoms with van der Waals surface area (Å²) in [6, 6.07) is 6.04. The van der Waals surface area contributed by atoms with Gasteiger partial charge in [-0.2, -0.15) is 0 Å². The number of hydrogen-bond donors (Lipinski definition) is 1. The van der Waals surface area contributed by atoms with Gasteiger partial charge in [0, 0.05) is 32.4 Å². The van der Waals surface area contributed by atoms with Gasteiger partial charge < -0.3 is 15.0 Å². The lowest BCUT2D eigenvalue weighted by Gasteiger charge is -2.32. The molecule has 0 radical (unpaired) electrons. The smallest absolute Gasteiger partial charge is 0.317 e. The number of aryl methyl sites for hydroxylation is 1. The first kappa shape index (κ1) is 19.2. The van der Waals surface area contributed by atoms with Gasteiger partial charge in [0.2, 0.25) is 0 Å². The lowest BCUT2D eigenvalue weighted by atomic mass is 9.98. The second kappa shape index (κ2) is 9.39. The van der Waals surface area contributed by atoms with Gasteiger partial charge in [0.25, 0.3) is 0 Å². The summed E-state index contributed by atoms with van der Waals surface area (Å²) in [4.78, 5) is 14.5. The molecule has 146 valence electrons. The number of amides is 2. The molecule has 3 rings (SSSR count). The number of hydrogen-bond acceptors (Lipinski definition) is 4. The van der Waals surface area contributed by atoms with E-state index in [1.54, 1.807) is 6.20 Å². The Labute approximate surface area is 160 Å². The molecule has 1 aromatic carbocycles. The van der Waals surface area contributed by atoms with Crippen LogP contribution in [0.2, 0.25) is 0 Å². The van der Waals surface area contributed by atoms with Crippen molar-refractivity contribution in [3.8, 4) is 5.75 Å². The van der Waals surface area contributed by atoms with Crippen LogP contribution in [0.1, 0.15) is 37.3 Å². The summed E-state index contributed by atoms with van der Waals surface area (Å²) in [5.41, 5.74) is 2.25. The van der Waals surface area contributed by atoms with E-state index >= 15 is 0 Å². The van der Waals surface area contributed by atoms with Gasteiger partial charge in [0.1, 0.15) is 5.75 Å². The van der Waals surface area contributed by atoms with Crippen LogP contribution in [0.4, 0.5) is 4.79 Å². The molecule has 0 saturated carbocycles. The third kappa shape index (κ3) is 5.45. The number of nitrogens with zero attached hydrogens (tertiary/aromatic N) is 4. The number of piperidine rings is 1. The summed E-state index contributed by atoms with van der Waals surface area (Å²) in [5, 5.41) is 10.9. The van der Waals surface area contributed by atoms with Crippen LogP contribution in [0.15, 0.2) is 30.6 Å². The highest BCUT2D eigenvalue weighted by molar-refractivity contribution is 5.74. The molecule has 7 nitrogen and oxygen atoms in total. The topological polar surface area (TPSA) is 72.3 Å². The second-order valence-corrected chi connectivity index (χ2v) is 7.17. The minimum Gasteiger partial charge on any atom is -0.494 e. The average Bonchev–Trinajstić information content (AvgIpc) is 3.18. The first-order valence-corrected chi connectivity index (χ1v) is 9.75. The van der Waals surface area contributed by atoms with Crippen molar-refractivity contribution in [2.24, 2.45) is 5.92 Å². The van der Waals surface area contributed by atoms with Crippen LogP contribution in [0, 0.1) is 12.8 Å². The number of ether oxygens (including phenoxy) is 1. The van der Waals surface area contributed by atoms with Crippen molar-refractivity contribution < 1.29 is 9.53 Å². The maximum Gasteiger partial charge on any atom is 0.317 e. The van der Waals surface area contributed by atoms with Gasteiger partial charge in [0.05, 0.1) is 12.8 Å². The fourth-order valence-corrected chi connectivity index (χ4v) is 3.45. The van der Waals surface area contributed by atoms with Crippen LogP contribution in [0.5, 0.6) is 5.75 Å². The molecule has 2 heterocycles. The molecule has 1 aromatic heterocycles. The summed E-state index contributed by atoms with van der Waals surface area (Å²) >= 11 is 0. The van der Waals surface area contributed by atoms with Crippen LogP contribution in [0.25, 0.3) is 0 Å². The predicted molar refractivity (Wildman–Crippen MR) is 104 cm³/mol. The van der Waals surface area contributed by atoms with Crippen LogP contribution < -0.4 is 10.1 Å². The van der Waals surface area contributed by atoms with Gasteiger partial charge in [-0.1, -0.05) is 18.2 Å².